The van der Waals surface area contributed by atoms with Crippen molar-refractivity contribution >= 4 is 58.2 Å². The second kappa shape index (κ2) is 23.4. The van der Waals surface area contributed by atoms with Gasteiger partial charge in [-0.05, 0) is 104 Å². The maximum Gasteiger partial charge on any atom is 0.246 e. The highest BCUT2D eigenvalue weighted by molar-refractivity contribution is 7.13. The fourth-order valence-electron chi connectivity index (χ4n) is 10.8. The number of β-amino-alcohol motifs (C(OH)–C–C–N with tert-alkyl or cyclic N) is 1. The van der Waals surface area contributed by atoms with Gasteiger partial charge in [0.1, 0.15) is 18.1 Å². The van der Waals surface area contributed by atoms with Crippen molar-refractivity contribution in [3.8, 4) is 10.4 Å². The Morgan fingerprint density at radius 2 is 1.62 bits per heavy atom. The minimum Gasteiger partial charge on any atom is -0.391 e. The fraction of sp³-hybridized carbons (Fsp3) is 0.518. The summed E-state index contributed by atoms with van der Waals surface area (Å²) in [6.45, 7) is 11.8. The van der Waals surface area contributed by atoms with Crippen LogP contribution in [0.5, 0.6) is 0 Å². The van der Waals surface area contributed by atoms with Crippen molar-refractivity contribution in [3.63, 3.8) is 0 Å². The van der Waals surface area contributed by atoms with Gasteiger partial charge in [-0.2, -0.15) is 0 Å². The van der Waals surface area contributed by atoms with E-state index >= 15 is 0 Å². The quantitative estimate of drug-likeness (QED) is 0.0753. The number of thiazole rings is 1. The molecule has 3 aromatic carbocycles. The van der Waals surface area contributed by atoms with E-state index in [0.717, 1.165) is 88.5 Å². The Hall–Kier alpha value is -6.17. The molecule has 5 heterocycles. The van der Waals surface area contributed by atoms with E-state index in [1.807, 2.05) is 94.7 Å². The van der Waals surface area contributed by atoms with E-state index in [2.05, 4.69) is 38.0 Å². The molecule has 0 spiro atoms. The number of carbonyl (C=O) groups is 6. The Kier molecular flexibility index (Phi) is 17.0. The van der Waals surface area contributed by atoms with Gasteiger partial charge in [-0.1, -0.05) is 75.4 Å². The molecule has 0 unspecified atom stereocenters. The SMILES string of the molecule is Cc1ncsc1-c1ccc(CNC(=O)[C@@H]2C[C@@H](O)CN2C(=O)[C@@H](NC(=O)CCC2CCN(c3ccc(CO[C@H](C)[C@H](CCC(N)=O)NC(=O)[C@@H]4Cc5cccc6c5N4C(=O)CCC6)cc3)CC2)C(C)(C)C)cc1. The van der Waals surface area contributed by atoms with Crippen LogP contribution < -0.4 is 31.5 Å². The molecule has 0 bridgehead atoms. The molecule has 6 amide bonds. The van der Waals surface area contributed by atoms with Gasteiger partial charge >= 0.3 is 0 Å². The van der Waals surface area contributed by atoms with Gasteiger partial charge in [0.15, 0.2) is 0 Å². The minimum atomic E-state index is -0.886. The second-order valence-electron chi connectivity index (χ2n) is 21.5. The van der Waals surface area contributed by atoms with Gasteiger partial charge in [0.25, 0.3) is 0 Å². The molecule has 2 fully saturated rings. The Bertz CT molecular complexity index is 2620. The first-order chi connectivity index (χ1) is 34.9. The lowest BCUT2D eigenvalue weighted by Gasteiger charge is -2.36. The Labute approximate surface area is 432 Å². The first kappa shape index (κ1) is 53.1. The van der Waals surface area contributed by atoms with Crippen molar-refractivity contribution in [1.29, 1.82) is 0 Å². The summed E-state index contributed by atoms with van der Waals surface area (Å²) < 4.78 is 6.31. The summed E-state index contributed by atoms with van der Waals surface area (Å²) >= 11 is 1.58. The number of primary amides is 1. The predicted octanol–water partition coefficient (Wildman–Crippen LogP) is 5.87. The molecule has 73 heavy (non-hydrogen) atoms. The zero-order chi connectivity index (χ0) is 52.0. The van der Waals surface area contributed by atoms with Crippen molar-refractivity contribution in [1.82, 2.24) is 25.8 Å². The number of nitrogens with zero attached hydrogens (tertiary/aromatic N) is 4. The zero-order valence-corrected chi connectivity index (χ0v) is 43.7. The summed E-state index contributed by atoms with van der Waals surface area (Å²) in [5, 5.41) is 19.8. The number of carbonyl (C=O) groups excluding carboxylic acids is 6. The van der Waals surface area contributed by atoms with E-state index < -0.39 is 47.7 Å². The van der Waals surface area contributed by atoms with Crippen molar-refractivity contribution in [2.45, 2.75) is 155 Å². The maximum absolute atomic E-state index is 14.2. The van der Waals surface area contributed by atoms with E-state index in [4.69, 9.17) is 10.5 Å². The third kappa shape index (κ3) is 13.0. The summed E-state index contributed by atoms with van der Waals surface area (Å²) in [7, 11) is 0. The van der Waals surface area contributed by atoms with Gasteiger partial charge in [0.2, 0.25) is 35.4 Å². The number of hydrogen-bond donors (Lipinski definition) is 5. The number of amides is 6. The Balaban J connectivity index is 0.779. The largest absolute Gasteiger partial charge is 0.391 e. The highest BCUT2D eigenvalue weighted by Gasteiger charge is 2.45. The minimum absolute atomic E-state index is 0.0135. The lowest BCUT2D eigenvalue weighted by atomic mass is 9.85. The van der Waals surface area contributed by atoms with Crippen LogP contribution >= 0.6 is 11.3 Å². The van der Waals surface area contributed by atoms with E-state index in [0.29, 0.717) is 38.2 Å². The van der Waals surface area contributed by atoms with Crippen LogP contribution in [0.15, 0.2) is 72.2 Å². The van der Waals surface area contributed by atoms with Crippen LogP contribution in [0.25, 0.3) is 10.4 Å². The van der Waals surface area contributed by atoms with Crippen LogP contribution in [0.3, 0.4) is 0 Å². The average molecular weight is 1020 g/mol. The number of ether oxygens (including phenoxy) is 1. The third-order valence-electron chi connectivity index (χ3n) is 15.1. The van der Waals surface area contributed by atoms with Crippen LogP contribution in [0.4, 0.5) is 11.4 Å². The number of aryl methyl sites for hydroxylation is 2. The number of anilines is 2. The average Bonchev–Trinajstić information content (AvgIpc) is 4.08. The summed E-state index contributed by atoms with van der Waals surface area (Å²) in [5.41, 5.74) is 14.6. The van der Waals surface area contributed by atoms with E-state index in [-0.39, 0.29) is 61.9 Å². The maximum atomic E-state index is 14.2. The highest BCUT2D eigenvalue weighted by Crippen LogP contribution is 2.39. The molecule has 6 atom stereocenters. The summed E-state index contributed by atoms with van der Waals surface area (Å²) in [6, 6.07) is 19.2. The topological polar surface area (TPSA) is 217 Å². The van der Waals surface area contributed by atoms with Crippen molar-refractivity contribution in [2.75, 3.05) is 29.4 Å². The number of likely N-dealkylation sites (tertiary alicyclic amines) is 1. The van der Waals surface area contributed by atoms with Crippen LogP contribution in [0.2, 0.25) is 0 Å². The highest BCUT2D eigenvalue weighted by atomic mass is 32.1. The number of rotatable bonds is 19. The molecule has 8 rings (SSSR count). The van der Waals surface area contributed by atoms with Crippen molar-refractivity contribution in [3.05, 3.63) is 100 Å². The van der Waals surface area contributed by atoms with Gasteiger partial charge in [0, 0.05) is 64.0 Å². The van der Waals surface area contributed by atoms with Crippen LogP contribution in [0.1, 0.15) is 113 Å². The normalized spacial score (nSPS) is 20.2. The molecule has 390 valence electrons. The van der Waals surface area contributed by atoms with Crippen LogP contribution in [-0.4, -0.2) is 106 Å². The Morgan fingerprint density at radius 1 is 0.904 bits per heavy atom. The molecule has 4 aromatic rings. The summed E-state index contributed by atoms with van der Waals surface area (Å²) in [6.07, 6.45) is 4.34. The van der Waals surface area contributed by atoms with Gasteiger partial charge < -0.3 is 41.3 Å². The number of nitrogens with one attached hydrogen (secondary N) is 3. The van der Waals surface area contributed by atoms with Crippen molar-refractivity contribution in [2.24, 2.45) is 17.1 Å². The molecular weight excluding hydrogens is 945 g/mol. The Morgan fingerprint density at radius 3 is 2.30 bits per heavy atom. The molecule has 0 saturated carbocycles. The monoisotopic (exact) mass is 1020 g/mol. The molecule has 4 aliphatic rings. The molecule has 16 nitrogen and oxygen atoms in total. The number of aliphatic hydroxyl groups is 1. The van der Waals surface area contributed by atoms with Gasteiger partial charge in [-0.3, -0.25) is 33.7 Å². The fourth-order valence-corrected chi connectivity index (χ4v) is 11.6. The van der Waals surface area contributed by atoms with Crippen LogP contribution in [0, 0.1) is 18.3 Å². The molecule has 17 heteroatoms. The number of aromatic nitrogens is 1. The zero-order valence-electron chi connectivity index (χ0n) is 42.9. The number of benzene rings is 3. The molecule has 0 aliphatic carbocycles. The van der Waals surface area contributed by atoms with Gasteiger partial charge in [-0.15, -0.1) is 11.3 Å². The molecule has 6 N–H and O–H groups in total. The van der Waals surface area contributed by atoms with Gasteiger partial charge in [-0.25, -0.2) is 4.98 Å². The smallest absolute Gasteiger partial charge is 0.246 e. The van der Waals surface area contributed by atoms with E-state index in [9.17, 15) is 33.9 Å². The lowest BCUT2D eigenvalue weighted by molar-refractivity contribution is -0.144. The molecule has 2 saturated heterocycles. The predicted molar refractivity (Wildman–Crippen MR) is 281 cm³/mol. The molecule has 4 aliphatic heterocycles. The van der Waals surface area contributed by atoms with Crippen LogP contribution in [-0.2, 0) is 59.5 Å². The third-order valence-corrected chi connectivity index (χ3v) is 16.1. The summed E-state index contributed by atoms with van der Waals surface area (Å²) in [4.78, 5) is 91.2. The number of hydrogen-bond acceptors (Lipinski definition) is 11. The summed E-state index contributed by atoms with van der Waals surface area (Å²) in [5.74, 6) is -1.38. The van der Waals surface area contributed by atoms with Crippen molar-refractivity contribution < 1.29 is 38.6 Å². The molecule has 0 radical (unpaired) electrons. The number of aliphatic hydroxyl groups excluding tert-OH is 1. The number of para-hydroxylation sites is 1. The number of piperidine rings is 1. The van der Waals surface area contributed by atoms with E-state index in [1.165, 1.54) is 4.90 Å². The lowest BCUT2D eigenvalue weighted by Crippen LogP contribution is -2.57. The molecule has 1 aromatic heterocycles. The first-order valence-electron chi connectivity index (χ1n) is 26.0. The van der Waals surface area contributed by atoms with E-state index in [1.54, 1.807) is 16.2 Å². The van der Waals surface area contributed by atoms with Gasteiger partial charge in [0.05, 0.1) is 46.6 Å². The number of nitrogens with two attached hydrogens (primary N) is 1. The standard InChI is InChI=1S/C56H72N8O8S/c1-34-51(73-33-59-34)40-17-12-37(13-18-40)30-58-53(69)45-29-43(65)31-63(45)55(71)52(56(3,4)5)61-48(67)23-16-36-24-26-62(27-25-36)42-19-14-38(15-20-42)32-72-35(2)44(21-22-47(57)66)60-54(70)46-28-41-10-6-8-39-9-7-11-49(68)64(46)50(39)41/h6,8,10,12-15,17-20,33,35-36,43-46,52,65H,7,9,11,16,21-32H2,1-5H3,(H2,57,66)(H,58,69)(H,60,70)(H,61,67)/t35-,43-,44+,45+,46+,52-/m1/s1. The first-order valence-corrected chi connectivity index (χ1v) is 26.8. The second-order valence-corrected chi connectivity index (χ2v) is 22.3. The molecular formula is C56H72N8O8S.